The second-order valence-corrected chi connectivity index (χ2v) is 12.4. The van der Waals surface area contributed by atoms with E-state index in [1.807, 2.05) is 18.2 Å². The van der Waals surface area contributed by atoms with Crippen molar-refractivity contribution in [2.75, 3.05) is 0 Å². The molecule has 0 saturated heterocycles. The third-order valence-corrected chi connectivity index (χ3v) is 10.2. The van der Waals surface area contributed by atoms with Crippen LogP contribution in [0.1, 0.15) is 34.1 Å². The fourth-order valence-corrected chi connectivity index (χ4v) is 8.62. The molecule has 0 N–H and O–H groups in total. The predicted molar refractivity (Wildman–Crippen MR) is 112 cm³/mol. The van der Waals surface area contributed by atoms with E-state index in [2.05, 4.69) is 76.2 Å². The van der Waals surface area contributed by atoms with E-state index in [9.17, 15) is 4.79 Å². The third-order valence-electron chi connectivity index (χ3n) is 5.07. The Morgan fingerprint density at radius 2 is 1.52 bits per heavy atom. The van der Waals surface area contributed by atoms with Gasteiger partial charge in [0.05, 0.1) is 0 Å². The van der Waals surface area contributed by atoms with Crippen molar-refractivity contribution >= 4 is 24.7 Å². The fourth-order valence-electron chi connectivity index (χ4n) is 3.91. The first-order valence-electron chi connectivity index (χ1n) is 9.50. The fraction of sp³-hybridized carbons (Fsp3) is 0.348. The normalized spacial score (nSPS) is 18.4. The number of hydrogen-bond donors (Lipinski definition) is 0. The highest BCUT2D eigenvalue weighted by Gasteiger charge is 2.51. The van der Waals surface area contributed by atoms with Crippen molar-refractivity contribution < 1.29 is 14.0 Å². The molecule has 0 saturated carbocycles. The number of carbonyl (C=O) groups excluding carboxylic acids is 1. The van der Waals surface area contributed by atoms with E-state index in [-0.39, 0.29) is 23.2 Å². The van der Waals surface area contributed by atoms with E-state index in [1.165, 1.54) is 16.4 Å². The van der Waals surface area contributed by atoms with Crippen LogP contribution in [0.2, 0.25) is 5.04 Å². The van der Waals surface area contributed by atoms with Crippen LogP contribution in [0.3, 0.4) is 0 Å². The van der Waals surface area contributed by atoms with Crippen LogP contribution >= 0.6 is 0 Å². The van der Waals surface area contributed by atoms with Gasteiger partial charge in [-0.2, -0.15) is 0 Å². The van der Waals surface area contributed by atoms with Gasteiger partial charge >= 0.3 is 5.97 Å². The molecule has 0 amide bonds. The predicted octanol–water partition coefficient (Wildman–Crippen LogP) is 3.82. The minimum absolute atomic E-state index is 0.0446. The average Bonchev–Trinajstić information content (AvgIpc) is 3.04. The van der Waals surface area contributed by atoms with Gasteiger partial charge in [0.2, 0.25) is 0 Å². The summed E-state index contributed by atoms with van der Waals surface area (Å²) >= 11 is 0. The lowest BCUT2D eigenvalue weighted by Gasteiger charge is -2.44. The maximum atomic E-state index is 11.4. The number of hydrogen-bond acceptors (Lipinski definition) is 3. The van der Waals surface area contributed by atoms with Crippen LogP contribution in [0, 0.1) is 0 Å². The lowest BCUT2D eigenvalue weighted by atomic mass is 10.2. The molecule has 27 heavy (non-hydrogen) atoms. The van der Waals surface area contributed by atoms with Crippen molar-refractivity contribution in [3.05, 3.63) is 72.8 Å². The van der Waals surface area contributed by atoms with Crippen molar-refractivity contribution in [2.45, 2.75) is 51.4 Å². The molecule has 0 radical (unpaired) electrons. The summed E-state index contributed by atoms with van der Waals surface area (Å²) in [6, 6.07) is 21.2. The Morgan fingerprint density at radius 1 is 1.00 bits per heavy atom. The molecule has 3 nitrogen and oxygen atoms in total. The van der Waals surface area contributed by atoms with Crippen LogP contribution in [0.4, 0.5) is 0 Å². The third kappa shape index (κ3) is 4.07. The van der Waals surface area contributed by atoms with Crippen molar-refractivity contribution in [1.82, 2.24) is 0 Å². The molecule has 2 atom stereocenters. The zero-order chi connectivity index (χ0) is 19.5. The highest BCUT2D eigenvalue weighted by Crippen LogP contribution is 2.38. The molecule has 0 unspecified atom stereocenters. The van der Waals surface area contributed by atoms with E-state index in [4.69, 9.17) is 9.16 Å². The zero-order valence-electron chi connectivity index (χ0n) is 16.5. The van der Waals surface area contributed by atoms with Gasteiger partial charge in [-0.15, -0.1) is 0 Å². The van der Waals surface area contributed by atoms with E-state index >= 15 is 0 Å². The molecule has 1 aliphatic heterocycles. The molecule has 1 aliphatic rings. The van der Waals surface area contributed by atoms with Gasteiger partial charge in [-0.05, 0) is 28.4 Å². The Labute approximate surface area is 163 Å². The maximum absolute atomic E-state index is 11.4. The summed E-state index contributed by atoms with van der Waals surface area (Å²) < 4.78 is 12.3. The molecule has 3 rings (SSSR count). The Hall–Kier alpha value is -2.17. The molecule has 0 spiro atoms. The molecule has 0 bridgehead atoms. The van der Waals surface area contributed by atoms with Crippen LogP contribution < -0.4 is 10.4 Å². The van der Waals surface area contributed by atoms with Gasteiger partial charge in [-0.3, -0.25) is 0 Å². The minimum atomic E-state index is -2.57. The first-order chi connectivity index (χ1) is 12.8. The molecule has 2 aromatic carbocycles. The summed E-state index contributed by atoms with van der Waals surface area (Å²) in [5.41, 5.74) is 0. The van der Waals surface area contributed by atoms with Crippen LogP contribution in [-0.4, -0.2) is 26.5 Å². The lowest BCUT2D eigenvalue weighted by molar-refractivity contribution is -0.139. The lowest BCUT2D eigenvalue weighted by Crippen LogP contribution is -2.67. The molecule has 0 aliphatic carbocycles. The summed E-state index contributed by atoms with van der Waals surface area (Å²) in [6.07, 6.45) is 3.74. The second kappa shape index (κ2) is 7.83. The molecule has 4 heteroatoms. The summed E-state index contributed by atoms with van der Waals surface area (Å²) in [4.78, 5) is 11.4. The number of ether oxygens (including phenoxy) is 1. The number of rotatable bonds is 6. The van der Waals surface area contributed by atoms with Crippen molar-refractivity contribution in [2.24, 2.45) is 0 Å². The average molecular weight is 381 g/mol. The van der Waals surface area contributed by atoms with E-state index in [1.54, 1.807) is 0 Å². The molecule has 1 heterocycles. The number of carbonyl (C=O) groups is 1. The standard InChI is InChI=1S/C23H28O3Si/c1-18(17-19-15-16-22(24)25-19)26-27(23(2,3)4,20-11-7-5-8-12-20)21-13-9-6-10-14-21/h5-16,18-19H,17H2,1-4H3/t18-,19-/m0/s1. The summed E-state index contributed by atoms with van der Waals surface area (Å²) in [6.45, 7) is 8.88. The first-order valence-corrected chi connectivity index (χ1v) is 11.4. The zero-order valence-corrected chi connectivity index (χ0v) is 17.5. The molecular weight excluding hydrogens is 352 g/mol. The van der Waals surface area contributed by atoms with E-state index < -0.39 is 8.32 Å². The largest absolute Gasteiger partial charge is 0.455 e. The SMILES string of the molecule is C[C@@H](C[C@@H]1C=CC(=O)O1)O[Si](c1ccccc1)(c1ccccc1)C(C)(C)C. The van der Waals surface area contributed by atoms with Crippen molar-refractivity contribution in [1.29, 1.82) is 0 Å². The molecule has 2 aromatic rings. The number of benzene rings is 2. The van der Waals surface area contributed by atoms with E-state index in [0.29, 0.717) is 6.42 Å². The van der Waals surface area contributed by atoms with Gasteiger partial charge in [-0.1, -0.05) is 81.4 Å². The topological polar surface area (TPSA) is 35.5 Å². The monoisotopic (exact) mass is 380 g/mol. The van der Waals surface area contributed by atoms with Crippen LogP contribution in [-0.2, 0) is 14.0 Å². The quantitative estimate of drug-likeness (QED) is 0.564. The van der Waals surface area contributed by atoms with Crippen LogP contribution in [0.5, 0.6) is 0 Å². The van der Waals surface area contributed by atoms with Gasteiger partial charge in [0.25, 0.3) is 8.32 Å². The molecule has 0 fully saturated rings. The summed E-state index contributed by atoms with van der Waals surface area (Å²) in [5, 5.41) is 2.45. The van der Waals surface area contributed by atoms with Gasteiger partial charge in [0.1, 0.15) is 6.10 Å². The first kappa shape index (κ1) is 19.6. The van der Waals surface area contributed by atoms with Gasteiger partial charge in [0, 0.05) is 18.6 Å². The van der Waals surface area contributed by atoms with E-state index in [0.717, 1.165) is 0 Å². The second-order valence-electron chi connectivity index (χ2n) is 8.16. The maximum Gasteiger partial charge on any atom is 0.331 e. The Bertz CT molecular complexity index is 754. The van der Waals surface area contributed by atoms with Gasteiger partial charge in [-0.25, -0.2) is 4.79 Å². The van der Waals surface area contributed by atoms with Crippen LogP contribution in [0.15, 0.2) is 72.8 Å². The van der Waals surface area contributed by atoms with Gasteiger partial charge < -0.3 is 9.16 Å². The van der Waals surface area contributed by atoms with Crippen molar-refractivity contribution in [3.8, 4) is 0 Å². The minimum Gasteiger partial charge on any atom is -0.455 e. The smallest absolute Gasteiger partial charge is 0.331 e. The highest BCUT2D eigenvalue weighted by atomic mass is 28.4. The molecular formula is C23H28O3Si. The molecule has 0 aromatic heterocycles. The number of esters is 1. The van der Waals surface area contributed by atoms with Crippen LogP contribution in [0.25, 0.3) is 0 Å². The highest BCUT2D eigenvalue weighted by molar-refractivity contribution is 6.99. The number of cyclic esters (lactones) is 1. The Balaban J connectivity index is 2.01. The molecule has 142 valence electrons. The summed E-state index contributed by atoms with van der Waals surface area (Å²) in [5.74, 6) is -0.266. The Kier molecular flexibility index (Phi) is 5.68. The Morgan fingerprint density at radius 3 is 1.93 bits per heavy atom. The van der Waals surface area contributed by atoms with Crippen molar-refractivity contribution in [3.63, 3.8) is 0 Å². The summed E-state index contributed by atoms with van der Waals surface area (Å²) in [7, 11) is -2.57. The van der Waals surface area contributed by atoms with Gasteiger partial charge in [0.15, 0.2) is 0 Å².